The van der Waals surface area contributed by atoms with Crippen molar-refractivity contribution in [1.82, 2.24) is 24.2 Å². The summed E-state index contributed by atoms with van der Waals surface area (Å²) in [4.78, 5) is 32.1. The van der Waals surface area contributed by atoms with Crippen molar-refractivity contribution >= 4 is 16.9 Å². The van der Waals surface area contributed by atoms with E-state index >= 15 is 0 Å². The fraction of sp³-hybridized carbons (Fsp3) is 0.345. The fourth-order valence-corrected chi connectivity index (χ4v) is 5.47. The molecule has 9 nitrogen and oxygen atoms in total. The Kier molecular flexibility index (Phi) is 5.65. The van der Waals surface area contributed by atoms with Crippen molar-refractivity contribution in [2.45, 2.75) is 43.2 Å². The molecule has 1 aliphatic heterocycles. The summed E-state index contributed by atoms with van der Waals surface area (Å²) in [5.74, 6) is -0.0850. The Morgan fingerprint density at radius 1 is 1.08 bits per heavy atom. The molecule has 6 rings (SSSR count). The molecule has 0 unspecified atom stereocenters. The Balaban J connectivity index is 1.14. The second-order valence-corrected chi connectivity index (χ2v) is 10.5. The number of aliphatic hydroxyl groups is 1. The molecule has 0 atom stereocenters. The number of benzene rings is 2. The quantitative estimate of drug-likeness (QED) is 0.443. The number of carbonyl (C=O) groups is 1. The summed E-state index contributed by atoms with van der Waals surface area (Å²) < 4.78 is 2.97. The van der Waals surface area contributed by atoms with Crippen LogP contribution in [0.2, 0.25) is 0 Å². The molecule has 0 bridgehead atoms. The largest absolute Gasteiger partial charge is 0.388 e. The van der Waals surface area contributed by atoms with Gasteiger partial charge in [0, 0.05) is 25.7 Å². The first-order chi connectivity index (χ1) is 18.3. The number of hydrogen-bond acceptors (Lipinski definition) is 6. The van der Waals surface area contributed by atoms with E-state index in [2.05, 4.69) is 16.2 Å². The highest BCUT2D eigenvalue weighted by Gasteiger charge is 2.46. The molecule has 1 amide bonds. The highest BCUT2D eigenvalue weighted by Crippen LogP contribution is 2.50. The number of nitriles is 1. The number of carbonyl (C=O) groups excluding carboxylic acids is 1. The lowest BCUT2D eigenvalue weighted by atomic mass is 9.88. The minimum atomic E-state index is -1.11. The van der Waals surface area contributed by atoms with Gasteiger partial charge in [0.05, 0.1) is 29.8 Å². The van der Waals surface area contributed by atoms with E-state index in [0.29, 0.717) is 42.5 Å². The maximum Gasteiger partial charge on any atom is 0.264 e. The van der Waals surface area contributed by atoms with Crippen LogP contribution in [-0.4, -0.2) is 53.9 Å². The standard InChI is InChI=1S/C29H28N6O3/c1-33-25-23(16-32-33)27(37)35(19-31-25)18-29(38)12-14-34(15-13-29)26(36)21-8-6-20(7-9-21)22-4-2-3-5-24(22)28(17-30)10-11-28/h2-9,16,19,38H,10-15,18H2,1H3. The summed E-state index contributed by atoms with van der Waals surface area (Å²) in [6, 6.07) is 18.0. The lowest BCUT2D eigenvalue weighted by Crippen LogP contribution is -2.49. The van der Waals surface area contributed by atoms with Crippen LogP contribution in [0.4, 0.5) is 0 Å². The molecule has 2 aliphatic rings. The number of aromatic nitrogens is 4. The molecule has 2 fully saturated rings. The number of rotatable bonds is 5. The summed E-state index contributed by atoms with van der Waals surface area (Å²) >= 11 is 0. The van der Waals surface area contributed by atoms with E-state index in [-0.39, 0.29) is 23.4 Å². The highest BCUT2D eigenvalue weighted by molar-refractivity contribution is 5.95. The topological polar surface area (TPSA) is 117 Å². The molecule has 0 radical (unpaired) electrons. The second-order valence-electron chi connectivity index (χ2n) is 10.5. The average Bonchev–Trinajstić information content (AvgIpc) is 3.66. The van der Waals surface area contributed by atoms with Gasteiger partial charge in [-0.25, -0.2) is 4.98 Å². The summed E-state index contributed by atoms with van der Waals surface area (Å²) in [5.41, 5.74) is 2.42. The Labute approximate surface area is 219 Å². The molecule has 9 heteroatoms. The number of amides is 1. The smallest absolute Gasteiger partial charge is 0.264 e. The summed E-state index contributed by atoms with van der Waals surface area (Å²) in [7, 11) is 1.73. The van der Waals surface area contributed by atoms with Gasteiger partial charge in [0.1, 0.15) is 11.7 Å². The van der Waals surface area contributed by atoms with Crippen molar-refractivity contribution in [3.8, 4) is 17.2 Å². The highest BCUT2D eigenvalue weighted by atomic mass is 16.3. The second kappa shape index (κ2) is 8.92. The van der Waals surface area contributed by atoms with Crippen molar-refractivity contribution < 1.29 is 9.90 Å². The molecule has 2 aromatic heterocycles. The van der Waals surface area contributed by atoms with Crippen LogP contribution in [-0.2, 0) is 19.0 Å². The van der Waals surface area contributed by atoms with E-state index < -0.39 is 5.60 Å². The normalized spacial score (nSPS) is 17.8. The number of hydrogen-bond donors (Lipinski definition) is 1. The molecule has 1 N–H and O–H groups in total. The van der Waals surface area contributed by atoms with Crippen molar-refractivity contribution in [3.05, 3.63) is 82.5 Å². The van der Waals surface area contributed by atoms with Crippen LogP contribution in [0.25, 0.3) is 22.2 Å². The Bertz CT molecular complexity index is 1630. The van der Waals surface area contributed by atoms with Gasteiger partial charge in [-0.2, -0.15) is 10.4 Å². The maximum atomic E-state index is 13.2. The Morgan fingerprint density at radius 3 is 2.47 bits per heavy atom. The van der Waals surface area contributed by atoms with Crippen LogP contribution in [0, 0.1) is 11.3 Å². The first-order valence-corrected chi connectivity index (χ1v) is 12.8. The molecule has 192 valence electrons. The van der Waals surface area contributed by atoms with Gasteiger partial charge in [-0.15, -0.1) is 0 Å². The van der Waals surface area contributed by atoms with Crippen molar-refractivity contribution in [3.63, 3.8) is 0 Å². The summed E-state index contributed by atoms with van der Waals surface area (Å²) in [5, 5.41) is 25.4. The van der Waals surface area contributed by atoms with E-state index in [1.807, 2.05) is 48.5 Å². The fourth-order valence-electron chi connectivity index (χ4n) is 5.47. The minimum absolute atomic E-state index is 0.0850. The van der Waals surface area contributed by atoms with E-state index in [4.69, 9.17) is 0 Å². The third-order valence-corrected chi connectivity index (χ3v) is 8.01. The van der Waals surface area contributed by atoms with Crippen LogP contribution in [0.5, 0.6) is 0 Å². The number of nitrogens with zero attached hydrogens (tertiary/aromatic N) is 6. The van der Waals surface area contributed by atoms with Crippen molar-refractivity contribution in [2.75, 3.05) is 13.1 Å². The van der Waals surface area contributed by atoms with E-state index in [0.717, 1.165) is 29.5 Å². The van der Waals surface area contributed by atoms with Crippen molar-refractivity contribution in [2.24, 2.45) is 7.05 Å². The van der Waals surface area contributed by atoms with Gasteiger partial charge in [0.2, 0.25) is 0 Å². The summed E-state index contributed by atoms with van der Waals surface area (Å²) in [6.45, 7) is 0.897. The zero-order valence-corrected chi connectivity index (χ0v) is 21.2. The lowest BCUT2D eigenvalue weighted by molar-refractivity contribution is -0.0299. The first kappa shape index (κ1) is 24.1. The SMILES string of the molecule is Cn1ncc2c(=O)n(CC3(O)CCN(C(=O)c4ccc(-c5ccccc5C5(C#N)CC5)cc4)CC3)cnc21. The van der Waals surface area contributed by atoms with Crippen LogP contribution < -0.4 is 5.56 Å². The van der Waals surface area contributed by atoms with Gasteiger partial charge >= 0.3 is 0 Å². The molecule has 3 heterocycles. The summed E-state index contributed by atoms with van der Waals surface area (Å²) in [6.07, 6.45) is 5.41. The Hall–Kier alpha value is -4.29. The number of fused-ring (bicyclic) bond motifs is 1. The number of piperidine rings is 1. The zero-order valence-electron chi connectivity index (χ0n) is 21.2. The van der Waals surface area contributed by atoms with Crippen molar-refractivity contribution in [1.29, 1.82) is 5.26 Å². The number of likely N-dealkylation sites (tertiary alicyclic amines) is 1. The van der Waals surface area contributed by atoms with Crippen LogP contribution in [0.1, 0.15) is 41.6 Å². The van der Waals surface area contributed by atoms with Crippen LogP contribution in [0.15, 0.2) is 65.8 Å². The van der Waals surface area contributed by atoms with Gasteiger partial charge in [-0.1, -0.05) is 36.4 Å². The third kappa shape index (κ3) is 4.07. The molecular weight excluding hydrogens is 480 g/mol. The van der Waals surface area contributed by atoms with Crippen LogP contribution in [0.3, 0.4) is 0 Å². The van der Waals surface area contributed by atoms with Gasteiger partial charge < -0.3 is 10.0 Å². The predicted molar refractivity (Wildman–Crippen MR) is 141 cm³/mol. The Morgan fingerprint density at radius 2 is 1.79 bits per heavy atom. The first-order valence-electron chi connectivity index (χ1n) is 12.8. The molecule has 2 aromatic carbocycles. The van der Waals surface area contributed by atoms with E-state index in [9.17, 15) is 20.0 Å². The molecule has 38 heavy (non-hydrogen) atoms. The maximum absolute atomic E-state index is 13.2. The average molecular weight is 509 g/mol. The van der Waals surface area contributed by atoms with E-state index in [1.165, 1.54) is 17.1 Å². The van der Waals surface area contributed by atoms with Gasteiger partial charge in [0.15, 0.2) is 5.65 Å². The number of aryl methyl sites for hydroxylation is 1. The van der Waals surface area contributed by atoms with Gasteiger partial charge in [-0.3, -0.25) is 18.8 Å². The third-order valence-electron chi connectivity index (χ3n) is 8.01. The van der Waals surface area contributed by atoms with E-state index in [1.54, 1.807) is 16.6 Å². The van der Waals surface area contributed by atoms with Gasteiger partial charge in [-0.05, 0) is 54.5 Å². The predicted octanol–water partition coefficient (Wildman–Crippen LogP) is 3.02. The molecular formula is C29H28N6O3. The van der Waals surface area contributed by atoms with Gasteiger partial charge in [0.25, 0.3) is 11.5 Å². The molecule has 1 saturated carbocycles. The molecule has 1 aliphatic carbocycles. The molecule has 0 spiro atoms. The zero-order chi connectivity index (χ0) is 26.5. The van der Waals surface area contributed by atoms with Crippen LogP contribution >= 0.6 is 0 Å². The lowest BCUT2D eigenvalue weighted by Gasteiger charge is -2.38. The molecule has 1 saturated heterocycles. The minimum Gasteiger partial charge on any atom is -0.388 e. The molecule has 4 aromatic rings. The monoisotopic (exact) mass is 508 g/mol.